The molecule has 0 saturated heterocycles. The van der Waals surface area contributed by atoms with Gasteiger partial charge in [0.1, 0.15) is 11.3 Å². The van der Waals surface area contributed by atoms with Crippen molar-refractivity contribution < 1.29 is 13.9 Å². The monoisotopic (exact) mass is 351 g/mol. The highest BCUT2D eigenvalue weighted by Gasteiger charge is 2.21. The van der Waals surface area contributed by atoms with Gasteiger partial charge in [0.15, 0.2) is 22.9 Å². The predicted molar refractivity (Wildman–Crippen MR) is 92.3 cm³/mol. The molecule has 4 aromatic rings. The molecule has 0 radical (unpaired) electrons. The van der Waals surface area contributed by atoms with Crippen molar-refractivity contribution in [2.75, 3.05) is 7.11 Å². The first-order valence-electron chi connectivity index (χ1n) is 7.59. The summed E-state index contributed by atoms with van der Waals surface area (Å²) in [6.07, 6.45) is 1.46. The van der Waals surface area contributed by atoms with Gasteiger partial charge in [-0.1, -0.05) is 6.07 Å². The zero-order chi connectivity index (χ0) is 18.3. The third kappa shape index (κ3) is 2.42. The minimum Gasteiger partial charge on any atom is -0.497 e. The number of primary amides is 1. The second-order valence-electron chi connectivity index (χ2n) is 5.40. The molecule has 0 aliphatic heterocycles. The van der Waals surface area contributed by atoms with E-state index in [1.54, 1.807) is 36.4 Å². The van der Waals surface area contributed by atoms with Crippen LogP contribution < -0.4 is 16.2 Å². The van der Waals surface area contributed by atoms with Gasteiger partial charge in [-0.05, 0) is 24.3 Å². The van der Waals surface area contributed by atoms with Crippen LogP contribution in [0.1, 0.15) is 10.5 Å². The average molecular weight is 351 g/mol. The number of fused-ring (bicyclic) bond motifs is 1. The Hall–Kier alpha value is -3.88. The fraction of sp³-hybridized carbons (Fsp3) is 0.0588. The Morgan fingerprint density at radius 1 is 1.27 bits per heavy atom. The van der Waals surface area contributed by atoms with E-state index in [4.69, 9.17) is 14.9 Å². The quantitative estimate of drug-likeness (QED) is 0.573. The van der Waals surface area contributed by atoms with Crippen molar-refractivity contribution >= 4 is 17.1 Å². The number of methoxy groups -OCH3 is 1. The lowest BCUT2D eigenvalue weighted by atomic mass is 10.3. The van der Waals surface area contributed by atoms with Crippen LogP contribution in [0.2, 0.25) is 0 Å². The van der Waals surface area contributed by atoms with E-state index >= 15 is 0 Å². The number of imidazole rings is 1. The number of nitrogens with one attached hydrogen (secondary N) is 1. The number of H-pyrrole nitrogens is 1. The molecule has 130 valence electrons. The van der Waals surface area contributed by atoms with E-state index in [1.807, 2.05) is 0 Å². The Bertz CT molecular complexity index is 1170. The molecule has 0 aliphatic carbocycles. The number of aromatic amines is 1. The summed E-state index contributed by atoms with van der Waals surface area (Å²) in [7, 11) is 1.53. The Morgan fingerprint density at radius 2 is 2.12 bits per heavy atom. The van der Waals surface area contributed by atoms with Crippen molar-refractivity contribution in [1.82, 2.24) is 19.5 Å². The normalized spacial score (nSPS) is 11.0. The smallest absolute Gasteiger partial charge is 0.332 e. The number of carbonyl (C=O) groups is 1. The van der Waals surface area contributed by atoms with Crippen LogP contribution in [0.15, 0.2) is 51.9 Å². The largest absolute Gasteiger partial charge is 0.497 e. The third-order valence-electron chi connectivity index (χ3n) is 3.82. The van der Waals surface area contributed by atoms with E-state index in [9.17, 15) is 9.59 Å². The van der Waals surface area contributed by atoms with Crippen molar-refractivity contribution in [1.29, 1.82) is 0 Å². The van der Waals surface area contributed by atoms with Gasteiger partial charge in [-0.15, -0.1) is 0 Å². The van der Waals surface area contributed by atoms with Crippen molar-refractivity contribution in [3.05, 3.63) is 58.8 Å². The minimum atomic E-state index is -0.788. The lowest BCUT2D eigenvalue weighted by Crippen LogP contribution is -2.15. The van der Waals surface area contributed by atoms with Crippen LogP contribution in [-0.4, -0.2) is 32.5 Å². The molecular formula is C17H13N5O4. The number of amides is 1. The number of ether oxygens (including phenoxy) is 1. The molecule has 1 amide bonds. The van der Waals surface area contributed by atoms with E-state index in [1.165, 1.54) is 17.9 Å². The highest BCUT2D eigenvalue weighted by molar-refractivity contribution is 6.02. The Kier molecular flexibility index (Phi) is 3.54. The van der Waals surface area contributed by atoms with Crippen LogP contribution in [0.4, 0.5) is 0 Å². The van der Waals surface area contributed by atoms with Crippen LogP contribution in [0.3, 0.4) is 0 Å². The van der Waals surface area contributed by atoms with Gasteiger partial charge in [0.25, 0.3) is 5.91 Å². The molecule has 0 spiro atoms. The molecule has 0 unspecified atom stereocenters. The molecule has 0 aliphatic rings. The van der Waals surface area contributed by atoms with Gasteiger partial charge in [0.05, 0.1) is 19.1 Å². The standard InChI is InChI=1S/C17H13N5O4/c1-25-10-5-2-4-9(8-10)22-16-13(20-17(22)24)12(14(18)23)19-15(21-16)11-6-3-7-26-11/h2-8H,1H3,(H2,18,23)(H,20,24). The summed E-state index contributed by atoms with van der Waals surface area (Å²) < 4.78 is 11.8. The molecule has 3 aromatic heterocycles. The van der Waals surface area contributed by atoms with E-state index in [2.05, 4.69) is 15.0 Å². The lowest BCUT2D eigenvalue weighted by Gasteiger charge is -2.06. The summed E-state index contributed by atoms with van der Waals surface area (Å²) >= 11 is 0. The van der Waals surface area contributed by atoms with Crippen molar-refractivity contribution in [3.63, 3.8) is 0 Å². The first-order chi connectivity index (χ1) is 12.6. The number of aromatic nitrogens is 4. The van der Waals surface area contributed by atoms with Crippen molar-refractivity contribution in [2.45, 2.75) is 0 Å². The molecule has 3 N–H and O–H groups in total. The highest BCUT2D eigenvalue weighted by Crippen LogP contribution is 2.23. The summed E-state index contributed by atoms with van der Waals surface area (Å²) in [5, 5.41) is 0. The Labute approximate surface area is 146 Å². The maximum Gasteiger partial charge on any atom is 0.332 e. The van der Waals surface area contributed by atoms with E-state index in [0.29, 0.717) is 17.2 Å². The minimum absolute atomic E-state index is 0.0971. The van der Waals surface area contributed by atoms with E-state index in [-0.39, 0.29) is 22.7 Å². The molecule has 4 rings (SSSR count). The zero-order valence-electron chi connectivity index (χ0n) is 13.6. The molecule has 9 nitrogen and oxygen atoms in total. The third-order valence-corrected chi connectivity index (χ3v) is 3.82. The molecule has 3 heterocycles. The van der Waals surface area contributed by atoms with Crippen molar-refractivity contribution in [3.8, 4) is 23.0 Å². The fourth-order valence-corrected chi connectivity index (χ4v) is 2.67. The van der Waals surface area contributed by atoms with Gasteiger partial charge < -0.3 is 19.9 Å². The SMILES string of the molecule is COc1cccc(-n2c(=O)[nH]c3c(C(N)=O)nc(-c4ccco4)nc32)c1. The van der Waals surface area contributed by atoms with Gasteiger partial charge >= 0.3 is 5.69 Å². The highest BCUT2D eigenvalue weighted by atomic mass is 16.5. The number of nitrogens with zero attached hydrogens (tertiary/aromatic N) is 3. The summed E-state index contributed by atoms with van der Waals surface area (Å²) in [6.45, 7) is 0. The van der Waals surface area contributed by atoms with Crippen LogP contribution in [-0.2, 0) is 0 Å². The summed E-state index contributed by atoms with van der Waals surface area (Å²) in [4.78, 5) is 35.5. The second-order valence-corrected chi connectivity index (χ2v) is 5.40. The second kappa shape index (κ2) is 5.88. The van der Waals surface area contributed by atoms with Crippen LogP contribution in [0.25, 0.3) is 28.4 Å². The Balaban J connectivity index is 2.06. The van der Waals surface area contributed by atoms with Gasteiger partial charge in [-0.3, -0.25) is 4.79 Å². The molecule has 0 saturated carbocycles. The van der Waals surface area contributed by atoms with E-state index < -0.39 is 11.6 Å². The maximum absolute atomic E-state index is 12.5. The molecule has 26 heavy (non-hydrogen) atoms. The zero-order valence-corrected chi connectivity index (χ0v) is 13.6. The van der Waals surface area contributed by atoms with Crippen LogP contribution in [0, 0.1) is 0 Å². The number of hydrogen-bond donors (Lipinski definition) is 2. The number of nitrogens with two attached hydrogens (primary N) is 1. The number of benzene rings is 1. The van der Waals surface area contributed by atoms with Crippen LogP contribution >= 0.6 is 0 Å². The number of rotatable bonds is 4. The summed E-state index contributed by atoms with van der Waals surface area (Å²) in [6, 6.07) is 10.2. The average Bonchev–Trinajstić information content (AvgIpc) is 3.27. The molecular weight excluding hydrogens is 338 g/mol. The lowest BCUT2D eigenvalue weighted by molar-refractivity contribution is 0.0997. The summed E-state index contributed by atoms with van der Waals surface area (Å²) in [5.41, 5.74) is 5.73. The van der Waals surface area contributed by atoms with Crippen molar-refractivity contribution in [2.24, 2.45) is 5.73 Å². The number of furan rings is 1. The summed E-state index contributed by atoms with van der Waals surface area (Å²) in [5.74, 6) is 0.274. The number of hydrogen-bond acceptors (Lipinski definition) is 6. The first-order valence-corrected chi connectivity index (χ1v) is 7.59. The molecule has 1 aromatic carbocycles. The fourth-order valence-electron chi connectivity index (χ4n) is 2.67. The first kappa shape index (κ1) is 15.6. The number of carbonyl (C=O) groups excluding carboxylic acids is 1. The molecule has 9 heteroatoms. The van der Waals surface area contributed by atoms with Gasteiger partial charge in [-0.25, -0.2) is 19.3 Å². The van der Waals surface area contributed by atoms with Crippen LogP contribution in [0.5, 0.6) is 5.75 Å². The van der Waals surface area contributed by atoms with Gasteiger partial charge in [0.2, 0.25) is 0 Å². The van der Waals surface area contributed by atoms with Gasteiger partial charge in [-0.2, -0.15) is 0 Å². The Morgan fingerprint density at radius 3 is 2.81 bits per heavy atom. The molecule has 0 bridgehead atoms. The molecule has 0 fully saturated rings. The predicted octanol–water partition coefficient (Wildman–Crippen LogP) is 1.48. The topological polar surface area (TPSA) is 129 Å². The maximum atomic E-state index is 12.5. The van der Waals surface area contributed by atoms with Gasteiger partial charge in [0, 0.05) is 6.07 Å². The van der Waals surface area contributed by atoms with E-state index in [0.717, 1.165) is 0 Å². The molecule has 0 atom stereocenters.